The number of rotatable bonds is 14. The van der Waals surface area contributed by atoms with Gasteiger partial charge >= 0.3 is 0 Å². The molecule has 1 rings (SSSR count). The molecule has 1 aromatic carbocycles. The topological polar surface area (TPSA) is 69.7 Å². The van der Waals surface area contributed by atoms with Crippen LogP contribution in [0.15, 0.2) is 18.2 Å². The summed E-state index contributed by atoms with van der Waals surface area (Å²) < 4.78 is 0. The third-order valence-electron chi connectivity index (χ3n) is 5.35. The minimum absolute atomic E-state index is 0.149. The molecule has 0 saturated carbocycles. The highest BCUT2D eigenvalue weighted by Gasteiger charge is 2.23. The number of hydrogen-bond donors (Lipinski definition) is 1. The number of aldehydes is 1. The third-order valence-corrected chi connectivity index (χ3v) is 5.35. The summed E-state index contributed by atoms with van der Waals surface area (Å²) >= 11 is 0. The molecule has 162 valence electrons. The molecule has 0 saturated heterocycles. The summed E-state index contributed by atoms with van der Waals surface area (Å²) in [7, 11) is 5.43. The lowest BCUT2D eigenvalue weighted by Crippen LogP contribution is -2.37. The molecule has 2 atom stereocenters. The Morgan fingerprint density at radius 2 is 1.79 bits per heavy atom. The number of nitrogens with zero attached hydrogens (tertiary/aromatic N) is 2. The Balaban J connectivity index is 3.24. The number of carbonyl (C=O) groups is 3. The summed E-state index contributed by atoms with van der Waals surface area (Å²) in [6, 6.07) is 5.47. The van der Waals surface area contributed by atoms with Crippen LogP contribution in [-0.2, 0) is 14.4 Å². The standard InChI is InChI=1S/C23H37N3O3/c1-6-8-10-18(9-7-2)19-11-13-21(22(15-19)25(4)5)26(17-28)20(16-27)12-14-23(29)24-3/h11,13,15-18,20H,6-10,12,14H2,1-5H3,(H,24,29). The molecule has 2 amide bonds. The van der Waals surface area contributed by atoms with E-state index in [9.17, 15) is 14.4 Å². The van der Waals surface area contributed by atoms with E-state index in [1.165, 1.54) is 23.3 Å². The monoisotopic (exact) mass is 403 g/mol. The quantitative estimate of drug-likeness (QED) is 0.479. The first-order valence-electron chi connectivity index (χ1n) is 10.6. The van der Waals surface area contributed by atoms with E-state index in [1.54, 1.807) is 7.05 Å². The number of amides is 2. The van der Waals surface area contributed by atoms with Crippen molar-refractivity contribution in [2.24, 2.45) is 0 Å². The summed E-state index contributed by atoms with van der Waals surface area (Å²) in [5.41, 5.74) is 2.86. The van der Waals surface area contributed by atoms with Gasteiger partial charge < -0.3 is 19.9 Å². The van der Waals surface area contributed by atoms with E-state index in [0.29, 0.717) is 18.0 Å². The highest BCUT2D eigenvalue weighted by Crippen LogP contribution is 2.35. The van der Waals surface area contributed by atoms with Crippen molar-refractivity contribution in [3.63, 3.8) is 0 Å². The van der Waals surface area contributed by atoms with Crippen LogP contribution in [0, 0.1) is 0 Å². The third kappa shape index (κ3) is 7.18. The fourth-order valence-electron chi connectivity index (χ4n) is 3.64. The Morgan fingerprint density at radius 3 is 2.31 bits per heavy atom. The van der Waals surface area contributed by atoms with E-state index in [1.807, 2.05) is 25.1 Å². The fourth-order valence-corrected chi connectivity index (χ4v) is 3.64. The largest absolute Gasteiger partial charge is 0.376 e. The van der Waals surface area contributed by atoms with Crippen LogP contribution in [0.4, 0.5) is 11.4 Å². The van der Waals surface area contributed by atoms with Gasteiger partial charge in [-0.1, -0.05) is 39.2 Å². The van der Waals surface area contributed by atoms with Crippen LogP contribution in [0.5, 0.6) is 0 Å². The zero-order valence-corrected chi connectivity index (χ0v) is 18.6. The van der Waals surface area contributed by atoms with Crippen LogP contribution in [0.3, 0.4) is 0 Å². The van der Waals surface area contributed by atoms with Gasteiger partial charge in [-0.25, -0.2) is 0 Å². The predicted octanol–water partition coefficient (Wildman–Crippen LogP) is 3.88. The summed E-state index contributed by atoms with van der Waals surface area (Å²) in [5, 5.41) is 2.55. The van der Waals surface area contributed by atoms with Crippen LogP contribution >= 0.6 is 0 Å². The van der Waals surface area contributed by atoms with E-state index in [2.05, 4.69) is 31.3 Å². The molecule has 0 aliphatic heterocycles. The molecule has 6 heteroatoms. The molecule has 0 fully saturated rings. The zero-order chi connectivity index (χ0) is 21.8. The maximum atomic E-state index is 11.9. The smallest absolute Gasteiger partial charge is 0.219 e. The summed E-state index contributed by atoms with van der Waals surface area (Å²) in [4.78, 5) is 38.6. The van der Waals surface area contributed by atoms with Crippen LogP contribution < -0.4 is 15.1 Å². The Hall–Kier alpha value is -2.37. The van der Waals surface area contributed by atoms with Gasteiger partial charge in [-0.15, -0.1) is 0 Å². The van der Waals surface area contributed by atoms with Gasteiger partial charge in [0.25, 0.3) is 0 Å². The average molecular weight is 404 g/mol. The average Bonchev–Trinajstić information content (AvgIpc) is 2.73. The zero-order valence-electron chi connectivity index (χ0n) is 18.6. The number of carbonyl (C=O) groups excluding carboxylic acids is 3. The summed E-state index contributed by atoms with van der Waals surface area (Å²) in [6.45, 7) is 4.41. The maximum absolute atomic E-state index is 11.9. The fraction of sp³-hybridized carbons (Fsp3) is 0.609. The molecule has 0 aliphatic rings. The van der Waals surface area contributed by atoms with Crippen molar-refractivity contribution >= 4 is 30.0 Å². The van der Waals surface area contributed by atoms with Crippen molar-refractivity contribution < 1.29 is 14.4 Å². The molecule has 1 aromatic rings. The highest BCUT2D eigenvalue weighted by atomic mass is 16.2. The second kappa shape index (κ2) is 13.0. The van der Waals surface area contributed by atoms with Crippen molar-refractivity contribution in [1.29, 1.82) is 0 Å². The predicted molar refractivity (Wildman–Crippen MR) is 120 cm³/mol. The number of benzene rings is 1. The molecular weight excluding hydrogens is 366 g/mol. The molecule has 1 N–H and O–H groups in total. The minimum Gasteiger partial charge on any atom is -0.376 e. The van der Waals surface area contributed by atoms with E-state index >= 15 is 0 Å². The van der Waals surface area contributed by atoms with Crippen molar-refractivity contribution in [2.45, 2.75) is 70.8 Å². The Labute approximate surface area is 175 Å². The van der Waals surface area contributed by atoms with Gasteiger partial charge in [0.15, 0.2) is 0 Å². The molecule has 6 nitrogen and oxygen atoms in total. The second-order valence-corrected chi connectivity index (χ2v) is 7.70. The molecule has 0 aliphatic carbocycles. The van der Waals surface area contributed by atoms with Gasteiger partial charge in [0.05, 0.1) is 17.4 Å². The lowest BCUT2D eigenvalue weighted by atomic mass is 9.89. The summed E-state index contributed by atoms with van der Waals surface area (Å²) in [6.07, 6.45) is 7.67. The lowest BCUT2D eigenvalue weighted by molar-refractivity contribution is -0.121. The normalized spacial score (nSPS) is 12.7. The van der Waals surface area contributed by atoms with Gasteiger partial charge in [0.1, 0.15) is 6.29 Å². The van der Waals surface area contributed by atoms with Crippen LogP contribution in [0.2, 0.25) is 0 Å². The van der Waals surface area contributed by atoms with Crippen LogP contribution in [0.1, 0.15) is 70.3 Å². The Kier molecular flexibility index (Phi) is 11.0. The Bertz CT molecular complexity index is 661. The number of unbranched alkanes of at least 4 members (excludes halogenated alkanes) is 1. The van der Waals surface area contributed by atoms with Crippen molar-refractivity contribution in [3.8, 4) is 0 Å². The minimum atomic E-state index is -0.680. The molecule has 29 heavy (non-hydrogen) atoms. The van der Waals surface area contributed by atoms with Crippen LogP contribution in [-0.4, -0.2) is 45.8 Å². The first-order chi connectivity index (χ1) is 13.9. The molecule has 0 bridgehead atoms. The van der Waals surface area contributed by atoms with Gasteiger partial charge in [0.2, 0.25) is 12.3 Å². The molecule has 0 radical (unpaired) electrons. The van der Waals surface area contributed by atoms with Gasteiger partial charge in [0, 0.05) is 27.6 Å². The van der Waals surface area contributed by atoms with E-state index in [4.69, 9.17) is 0 Å². The van der Waals surface area contributed by atoms with Crippen molar-refractivity contribution in [1.82, 2.24) is 5.32 Å². The molecule has 0 aromatic heterocycles. The molecular formula is C23H37N3O3. The SMILES string of the molecule is CCCCC(CCC)c1ccc(N(C=O)C(C=O)CCC(=O)NC)c(N(C)C)c1. The van der Waals surface area contributed by atoms with Gasteiger partial charge in [-0.2, -0.15) is 0 Å². The maximum Gasteiger partial charge on any atom is 0.219 e. The molecule has 0 spiro atoms. The van der Waals surface area contributed by atoms with E-state index in [-0.39, 0.29) is 18.7 Å². The summed E-state index contributed by atoms with van der Waals surface area (Å²) in [5.74, 6) is 0.344. The van der Waals surface area contributed by atoms with Gasteiger partial charge in [-0.05, 0) is 42.9 Å². The highest BCUT2D eigenvalue weighted by molar-refractivity contribution is 5.89. The number of hydrogen-bond acceptors (Lipinski definition) is 4. The van der Waals surface area contributed by atoms with E-state index in [0.717, 1.165) is 31.2 Å². The first-order valence-corrected chi connectivity index (χ1v) is 10.6. The molecule has 2 unspecified atom stereocenters. The first kappa shape index (κ1) is 24.7. The van der Waals surface area contributed by atoms with Crippen molar-refractivity contribution in [2.75, 3.05) is 30.9 Å². The Morgan fingerprint density at radius 1 is 1.07 bits per heavy atom. The number of nitrogens with one attached hydrogen (secondary N) is 1. The van der Waals surface area contributed by atoms with Crippen LogP contribution in [0.25, 0.3) is 0 Å². The van der Waals surface area contributed by atoms with Gasteiger partial charge in [-0.3, -0.25) is 9.59 Å². The molecule has 0 heterocycles. The van der Waals surface area contributed by atoms with Crippen molar-refractivity contribution in [3.05, 3.63) is 23.8 Å². The van der Waals surface area contributed by atoms with E-state index < -0.39 is 6.04 Å². The number of anilines is 2. The lowest BCUT2D eigenvalue weighted by Gasteiger charge is -2.30. The second-order valence-electron chi connectivity index (χ2n) is 7.70.